The number of nitrogens with one attached hydrogen (secondary N) is 1. The van der Waals surface area contributed by atoms with E-state index in [9.17, 15) is 22.8 Å². The number of benzene rings is 1. The zero-order valence-corrected chi connectivity index (χ0v) is 17.4. The Hall–Kier alpha value is -3.43. The number of halogens is 3. The fraction of sp³-hybridized carbons (Fsp3) is 0.364. The van der Waals surface area contributed by atoms with Gasteiger partial charge in [0.1, 0.15) is 5.82 Å². The Bertz CT molecular complexity index is 1190. The number of amides is 1. The highest BCUT2D eigenvalue weighted by Gasteiger charge is 2.30. The third-order valence-electron chi connectivity index (χ3n) is 5.57. The lowest BCUT2D eigenvalue weighted by Crippen LogP contribution is -2.28. The van der Waals surface area contributed by atoms with Crippen molar-refractivity contribution in [3.05, 3.63) is 69.8 Å². The highest BCUT2D eigenvalue weighted by molar-refractivity contribution is 6.02. The van der Waals surface area contributed by atoms with E-state index in [4.69, 9.17) is 0 Å². The van der Waals surface area contributed by atoms with Crippen molar-refractivity contribution in [1.29, 1.82) is 0 Å². The second kappa shape index (κ2) is 8.60. The summed E-state index contributed by atoms with van der Waals surface area (Å²) in [6.45, 7) is 1.54. The fourth-order valence-corrected chi connectivity index (χ4v) is 3.99. The molecule has 1 N–H and O–H groups in total. The highest BCUT2D eigenvalue weighted by atomic mass is 19.4. The van der Waals surface area contributed by atoms with E-state index in [2.05, 4.69) is 15.5 Å². The van der Waals surface area contributed by atoms with Crippen molar-refractivity contribution >= 4 is 11.7 Å². The molecule has 0 aliphatic heterocycles. The number of carbonyl (C=O) groups excluding carboxylic acids is 1. The second-order valence-corrected chi connectivity index (χ2v) is 7.87. The minimum absolute atomic E-state index is 0.0959. The van der Waals surface area contributed by atoms with Crippen LogP contribution in [0.3, 0.4) is 0 Å². The molecule has 0 atom stereocenters. The maximum absolute atomic E-state index is 13.1. The summed E-state index contributed by atoms with van der Waals surface area (Å²) < 4.78 is 42.2. The molecular weight excluding hydrogens is 423 g/mol. The molecule has 10 heteroatoms. The number of hydrogen-bond donors (Lipinski definition) is 1. The minimum atomic E-state index is -4.53. The molecular formula is C22H22F3N5O2. The van der Waals surface area contributed by atoms with Crippen LogP contribution in [0.4, 0.5) is 19.0 Å². The van der Waals surface area contributed by atoms with Crippen molar-refractivity contribution in [3.8, 4) is 5.69 Å². The number of alkyl halides is 3. The number of hydrogen-bond acceptors (Lipinski definition) is 4. The Morgan fingerprint density at radius 1 is 1.12 bits per heavy atom. The molecule has 3 aromatic rings. The highest BCUT2D eigenvalue weighted by Crippen LogP contribution is 2.31. The zero-order valence-electron chi connectivity index (χ0n) is 17.4. The molecule has 0 radical (unpaired) electrons. The third-order valence-corrected chi connectivity index (χ3v) is 5.57. The molecule has 168 valence electrons. The molecule has 4 rings (SSSR count). The molecule has 7 nitrogen and oxygen atoms in total. The summed E-state index contributed by atoms with van der Waals surface area (Å²) >= 11 is 0. The molecule has 1 aliphatic rings. The van der Waals surface area contributed by atoms with Crippen molar-refractivity contribution in [1.82, 2.24) is 19.6 Å². The molecule has 1 fully saturated rings. The SMILES string of the molecule is Cc1cc(=O)c(C(=O)Nc2ccnn2C2CCCCC2)nn1-c1cccc(C(F)(F)F)c1. The van der Waals surface area contributed by atoms with E-state index in [1.165, 1.54) is 31.5 Å². The Labute approximate surface area is 181 Å². The standard InChI is InChI=1S/C22H22F3N5O2/c1-14-12-18(31)20(28-29(14)17-9-5-6-15(13-17)22(23,24)25)21(32)27-19-10-11-26-30(19)16-7-3-2-4-8-16/h5-6,9-13,16H,2-4,7-8H2,1H3,(H,27,32). The number of nitrogens with zero attached hydrogens (tertiary/aromatic N) is 4. The summed E-state index contributed by atoms with van der Waals surface area (Å²) in [5.74, 6) is -0.289. The van der Waals surface area contributed by atoms with Gasteiger partial charge in [-0.25, -0.2) is 9.36 Å². The molecule has 0 bridgehead atoms. The van der Waals surface area contributed by atoms with E-state index in [1.807, 2.05) is 0 Å². The second-order valence-electron chi connectivity index (χ2n) is 7.87. The smallest absolute Gasteiger partial charge is 0.305 e. The minimum Gasteiger partial charge on any atom is -0.305 e. The van der Waals surface area contributed by atoms with Gasteiger partial charge in [-0.2, -0.15) is 23.4 Å². The quantitative estimate of drug-likeness (QED) is 0.641. The van der Waals surface area contributed by atoms with Crippen LogP contribution in [0.1, 0.15) is 59.9 Å². The molecule has 2 heterocycles. The van der Waals surface area contributed by atoms with Crippen molar-refractivity contribution in [2.75, 3.05) is 5.32 Å². The van der Waals surface area contributed by atoms with Crippen LogP contribution in [-0.2, 0) is 6.18 Å². The first-order valence-corrected chi connectivity index (χ1v) is 10.4. The first kappa shape index (κ1) is 21.8. The van der Waals surface area contributed by atoms with Gasteiger partial charge in [0, 0.05) is 17.8 Å². The number of carbonyl (C=O) groups is 1. The first-order chi connectivity index (χ1) is 15.2. The van der Waals surface area contributed by atoms with E-state index >= 15 is 0 Å². The van der Waals surface area contributed by atoms with Crippen LogP contribution in [0.15, 0.2) is 47.4 Å². The summed E-state index contributed by atoms with van der Waals surface area (Å²) in [5, 5.41) is 11.1. The molecule has 1 saturated carbocycles. The van der Waals surface area contributed by atoms with Gasteiger partial charge in [0.25, 0.3) is 5.91 Å². The Morgan fingerprint density at radius 2 is 1.88 bits per heavy atom. The molecule has 1 amide bonds. The number of rotatable bonds is 4. The molecule has 2 aromatic heterocycles. The summed E-state index contributed by atoms with van der Waals surface area (Å²) in [6, 6.07) is 7.54. The van der Waals surface area contributed by atoms with E-state index < -0.39 is 28.8 Å². The number of anilines is 1. The first-order valence-electron chi connectivity index (χ1n) is 10.4. The maximum atomic E-state index is 13.1. The van der Waals surface area contributed by atoms with E-state index in [1.54, 1.807) is 16.9 Å². The van der Waals surface area contributed by atoms with E-state index in [-0.39, 0.29) is 11.7 Å². The normalized spacial score (nSPS) is 15.0. The molecule has 32 heavy (non-hydrogen) atoms. The van der Waals surface area contributed by atoms with Crippen molar-refractivity contribution in [2.45, 2.75) is 51.2 Å². The van der Waals surface area contributed by atoms with E-state index in [0.717, 1.165) is 42.5 Å². The summed E-state index contributed by atoms with van der Waals surface area (Å²) in [7, 11) is 0. The lowest BCUT2D eigenvalue weighted by atomic mass is 9.96. The predicted molar refractivity (Wildman–Crippen MR) is 112 cm³/mol. The van der Waals surface area contributed by atoms with Crippen molar-refractivity contribution in [2.24, 2.45) is 0 Å². The van der Waals surface area contributed by atoms with Gasteiger partial charge in [0.2, 0.25) is 5.43 Å². The molecule has 1 aliphatic carbocycles. The van der Waals surface area contributed by atoms with Crippen LogP contribution in [-0.4, -0.2) is 25.5 Å². The average molecular weight is 445 g/mol. The largest absolute Gasteiger partial charge is 0.416 e. The number of aromatic nitrogens is 4. The number of aryl methyl sites for hydroxylation is 1. The van der Waals surface area contributed by atoms with E-state index in [0.29, 0.717) is 11.5 Å². The maximum Gasteiger partial charge on any atom is 0.416 e. The molecule has 0 saturated heterocycles. The Morgan fingerprint density at radius 3 is 2.59 bits per heavy atom. The van der Waals surface area contributed by atoms with Crippen molar-refractivity contribution < 1.29 is 18.0 Å². The van der Waals surface area contributed by atoms with Gasteiger partial charge >= 0.3 is 6.18 Å². The van der Waals surface area contributed by atoms with Crippen LogP contribution >= 0.6 is 0 Å². The monoisotopic (exact) mass is 445 g/mol. The van der Waals surface area contributed by atoms with Gasteiger partial charge in [-0.3, -0.25) is 9.59 Å². The molecule has 0 unspecified atom stereocenters. The Kier molecular flexibility index (Phi) is 5.86. The van der Waals surface area contributed by atoms with Crippen LogP contribution in [0, 0.1) is 6.92 Å². The van der Waals surface area contributed by atoms with Gasteiger partial charge in [-0.15, -0.1) is 0 Å². The van der Waals surface area contributed by atoms with Crippen LogP contribution in [0.5, 0.6) is 0 Å². The van der Waals surface area contributed by atoms with Crippen LogP contribution in [0.25, 0.3) is 5.69 Å². The van der Waals surface area contributed by atoms with Gasteiger partial charge < -0.3 is 5.32 Å². The van der Waals surface area contributed by atoms with Gasteiger partial charge in [0.05, 0.1) is 23.5 Å². The predicted octanol–water partition coefficient (Wildman–Crippen LogP) is 4.51. The lowest BCUT2D eigenvalue weighted by molar-refractivity contribution is -0.137. The van der Waals surface area contributed by atoms with Crippen molar-refractivity contribution in [3.63, 3.8) is 0 Å². The molecule has 0 spiro atoms. The van der Waals surface area contributed by atoms with Gasteiger partial charge in [0.15, 0.2) is 5.69 Å². The van der Waals surface area contributed by atoms with Crippen LogP contribution < -0.4 is 10.7 Å². The lowest BCUT2D eigenvalue weighted by Gasteiger charge is -2.23. The Balaban J connectivity index is 1.65. The molecule has 1 aromatic carbocycles. The summed E-state index contributed by atoms with van der Waals surface area (Å²) in [5.41, 5.74) is -1.48. The topological polar surface area (TPSA) is 81.8 Å². The van der Waals surface area contributed by atoms with Gasteiger partial charge in [-0.1, -0.05) is 25.3 Å². The average Bonchev–Trinajstić information content (AvgIpc) is 3.22. The zero-order chi connectivity index (χ0) is 22.9. The fourth-order valence-electron chi connectivity index (χ4n) is 3.99. The third kappa shape index (κ3) is 4.44. The summed E-state index contributed by atoms with van der Waals surface area (Å²) in [6.07, 6.45) is 2.29. The van der Waals surface area contributed by atoms with Crippen LogP contribution in [0.2, 0.25) is 0 Å². The van der Waals surface area contributed by atoms with Gasteiger partial charge in [-0.05, 0) is 38.0 Å². The summed E-state index contributed by atoms with van der Waals surface area (Å²) in [4.78, 5) is 25.3.